The third-order valence-electron chi connectivity index (χ3n) is 3.98. The maximum absolute atomic E-state index is 6.13. The Balaban J connectivity index is 1.93. The van der Waals surface area contributed by atoms with Crippen molar-refractivity contribution in [3.05, 3.63) is 66.7 Å². The predicted octanol–water partition coefficient (Wildman–Crippen LogP) is 5.78. The van der Waals surface area contributed by atoms with Crippen LogP contribution in [0.25, 0.3) is 11.1 Å². The molecule has 27 heavy (non-hydrogen) atoms. The summed E-state index contributed by atoms with van der Waals surface area (Å²) in [4.78, 5) is 0. The molecule has 0 amide bonds. The van der Waals surface area contributed by atoms with Crippen molar-refractivity contribution in [1.29, 1.82) is 0 Å². The SMILES string of the molecule is COc1ccc(Oc2ccc(OCCCl)cc2)c(-c2ccccc2OC)c1. The summed E-state index contributed by atoms with van der Waals surface area (Å²) in [5, 5.41) is 0. The van der Waals surface area contributed by atoms with Crippen LogP contribution in [-0.4, -0.2) is 26.7 Å². The van der Waals surface area contributed by atoms with E-state index >= 15 is 0 Å². The average Bonchev–Trinajstić information content (AvgIpc) is 2.73. The predicted molar refractivity (Wildman–Crippen MR) is 108 cm³/mol. The van der Waals surface area contributed by atoms with Crippen LogP contribution in [0, 0.1) is 0 Å². The molecular formula is C22H21ClO4. The molecule has 0 fully saturated rings. The smallest absolute Gasteiger partial charge is 0.135 e. The first-order valence-electron chi connectivity index (χ1n) is 8.53. The van der Waals surface area contributed by atoms with Crippen molar-refractivity contribution in [2.24, 2.45) is 0 Å². The zero-order chi connectivity index (χ0) is 19.1. The molecule has 0 bridgehead atoms. The molecule has 0 aliphatic rings. The number of methoxy groups -OCH3 is 2. The maximum atomic E-state index is 6.13. The van der Waals surface area contributed by atoms with Crippen molar-refractivity contribution >= 4 is 11.6 Å². The quantitative estimate of drug-likeness (QED) is 0.461. The Kier molecular flexibility index (Phi) is 6.44. The molecule has 0 saturated carbocycles. The highest BCUT2D eigenvalue weighted by molar-refractivity contribution is 6.18. The topological polar surface area (TPSA) is 36.9 Å². The molecule has 3 rings (SSSR count). The minimum absolute atomic E-state index is 0.451. The van der Waals surface area contributed by atoms with E-state index in [0.29, 0.717) is 24.0 Å². The molecule has 5 heteroatoms. The molecule has 4 nitrogen and oxygen atoms in total. The average molecular weight is 385 g/mol. The van der Waals surface area contributed by atoms with Crippen molar-refractivity contribution < 1.29 is 18.9 Å². The number of para-hydroxylation sites is 1. The van der Waals surface area contributed by atoms with Crippen LogP contribution in [0.2, 0.25) is 0 Å². The van der Waals surface area contributed by atoms with Gasteiger partial charge in [0.1, 0.15) is 35.4 Å². The molecule has 0 radical (unpaired) electrons. The summed E-state index contributed by atoms with van der Waals surface area (Å²) in [5.74, 6) is 4.12. The van der Waals surface area contributed by atoms with Gasteiger partial charge in [0.15, 0.2) is 0 Å². The molecule has 3 aromatic carbocycles. The van der Waals surface area contributed by atoms with Gasteiger partial charge >= 0.3 is 0 Å². The Bertz CT molecular complexity index is 878. The second-order valence-electron chi connectivity index (χ2n) is 5.67. The van der Waals surface area contributed by atoms with Crippen LogP contribution in [0.4, 0.5) is 0 Å². The molecule has 0 unspecified atom stereocenters. The number of ether oxygens (including phenoxy) is 4. The van der Waals surface area contributed by atoms with E-state index in [4.69, 9.17) is 30.5 Å². The van der Waals surface area contributed by atoms with Gasteiger partial charge in [0.25, 0.3) is 0 Å². The molecule has 0 heterocycles. The van der Waals surface area contributed by atoms with Crippen molar-refractivity contribution in [1.82, 2.24) is 0 Å². The molecule has 0 spiro atoms. The fourth-order valence-electron chi connectivity index (χ4n) is 2.69. The fraction of sp³-hybridized carbons (Fsp3) is 0.182. The van der Waals surface area contributed by atoms with Gasteiger partial charge in [-0.05, 0) is 48.5 Å². The number of alkyl halides is 1. The highest BCUT2D eigenvalue weighted by atomic mass is 35.5. The van der Waals surface area contributed by atoms with Crippen molar-refractivity contribution in [3.63, 3.8) is 0 Å². The summed E-state index contributed by atoms with van der Waals surface area (Å²) >= 11 is 5.64. The first kappa shape index (κ1) is 18.9. The Morgan fingerprint density at radius 1 is 0.704 bits per heavy atom. The summed E-state index contributed by atoms with van der Waals surface area (Å²) in [5.41, 5.74) is 1.81. The van der Waals surface area contributed by atoms with Gasteiger partial charge < -0.3 is 18.9 Å². The summed E-state index contributed by atoms with van der Waals surface area (Å²) in [7, 11) is 3.29. The van der Waals surface area contributed by atoms with Crippen LogP contribution in [0.3, 0.4) is 0 Å². The number of halogens is 1. The van der Waals surface area contributed by atoms with Gasteiger partial charge in [-0.15, -0.1) is 11.6 Å². The van der Waals surface area contributed by atoms with Gasteiger partial charge in [-0.1, -0.05) is 18.2 Å². The Hall–Kier alpha value is -2.85. The van der Waals surface area contributed by atoms with Crippen LogP contribution in [0.1, 0.15) is 0 Å². The van der Waals surface area contributed by atoms with E-state index in [9.17, 15) is 0 Å². The highest BCUT2D eigenvalue weighted by Crippen LogP contribution is 2.40. The van der Waals surface area contributed by atoms with Gasteiger partial charge in [0.05, 0.1) is 20.1 Å². The molecule has 0 aromatic heterocycles. The summed E-state index contributed by atoms with van der Waals surface area (Å²) < 4.78 is 22.5. The normalized spacial score (nSPS) is 10.3. The van der Waals surface area contributed by atoms with Crippen LogP contribution < -0.4 is 18.9 Å². The molecule has 0 saturated heterocycles. The van der Waals surface area contributed by atoms with Crippen LogP contribution in [0.5, 0.6) is 28.7 Å². The Labute approximate surface area is 164 Å². The lowest BCUT2D eigenvalue weighted by Crippen LogP contribution is -1.97. The largest absolute Gasteiger partial charge is 0.497 e. The summed E-state index contributed by atoms with van der Waals surface area (Å²) in [6, 6.07) is 20.9. The molecule has 0 aliphatic carbocycles. The molecule has 140 valence electrons. The Morgan fingerprint density at radius 2 is 1.41 bits per heavy atom. The summed E-state index contributed by atoms with van der Waals surface area (Å²) in [6.45, 7) is 0.470. The number of benzene rings is 3. The van der Waals surface area contributed by atoms with E-state index in [1.54, 1.807) is 14.2 Å². The van der Waals surface area contributed by atoms with Gasteiger partial charge in [-0.2, -0.15) is 0 Å². The zero-order valence-corrected chi connectivity index (χ0v) is 16.0. The molecule has 0 aliphatic heterocycles. The fourth-order valence-corrected chi connectivity index (χ4v) is 2.77. The van der Waals surface area contributed by atoms with Gasteiger partial charge in [-0.25, -0.2) is 0 Å². The first-order chi connectivity index (χ1) is 13.2. The lowest BCUT2D eigenvalue weighted by Gasteiger charge is -2.15. The van der Waals surface area contributed by atoms with E-state index < -0.39 is 0 Å². The number of rotatable bonds is 8. The second-order valence-corrected chi connectivity index (χ2v) is 6.05. The Morgan fingerprint density at radius 3 is 2.11 bits per heavy atom. The van der Waals surface area contributed by atoms with Crippen molar-refractivity contribution in [3.8, 4) is 39.9 Å². The highest BCUT2D eigenvalue weighted by Gasteiger charge is 2.13. The molecular weight excluding hydrogens is 364 g/mol. The van der Waals surface area contributed by atoms with E-state index in [1.807, 2.05) is 66.7 Å². The van der Waals surface area contributed by atoms with Crippen LogP contribution >= 0.6 is 11.6 Å². The number of hydrogen-bond acceptors (Lipinski definition) is 4. The summed E-state index contributed by atoms with van der Waals surface area (Å²) in [6.07, 6.45) is 0. The number of hydrogen-bond donors (Lipinski definition) is 0. The van der Waals surface area contributed by atoms with E-state index in [-0.39, 0.29) is 0 Å². The monoisotopic (exact) mass is 384 g/mol. The maximum Gasteiger partial charge on any atom is 0.135 e. The van der Waals surface area contributed by atoms with Gasteiger partial charge in [0, 0.05) is 11.1 Å². The lowest BCUT2D eigenvalue weighted by atomic mass is 10.0. The lowest BCUT2D eigenvalue weighted by molar-refractivity contribution is 0.342. The minimum atomic E-state index is 0.451. The second kappa shape index (κ2) is 9.19. The minimum Gasteiger partial charge on any atom is -0.497 e. The van der Waals surface area contributed by atoms with Crippen molar-refractivity contribution in [2.75, 3.05) is 26.7 Å². The van der Waals surface area contributed by atoms with Crippen LogP contribution in [-0.2, 0) is 0 Å². The molecule has 3 aromatic rings. The van der Waals surface area contributed by atoms with E-state index in [2.05, 4.69) is 0 Å². The van der Waals surface area contributed by atoms with Crippen LogP contribution in [0.15, 0.2) is 66.7 Å². The first-order valence-corrected chi connectivity index (χ1v) is 9.06. The third-order valence-corrected chi connectivity index (χ3v) is 4.14. The molecule has 0 N–H and O–H groups in total. The van der Waals surface area contributed by atoms with Gasteiger partial charge in [0.2, 0.25) is 0 Å². The standard InChI is InChI=1S/C22H21ClO4/c1-24-18-11-12-22(20(15-18)19-5-3-4-6-21(19)25-2)27-17-9-7-16(8-10-17)26-14-13-23/h3-12,15H,13-14H2,1-2H3. The molecule has 0 atom stereocenters. The third kappa shape index (κ3) is 4.66. The van der Waals surface area contributed by atoms with Gasteiger partial charge in [-0.3, -0.25) is 0 Å². The van der Waals surface area contributed by atoms with E-state index in [0.717, 1.165) is 28.4 Å². The zero-order valence-electron chi connectivity index (χ0n) is 15.3. The van der Waals surface area contributed by atoms with Crippen molar-refractivity contribution in [2.45, 2.75) is 0 Å². The van der Waals surface area contributed by atoms with E-state index in [1.165, 1.54) is 0 Å².